The third-order valence-electron chi connectivity index (χ3n) is 12.7. The highest BCUT2D eigenvalue weighted by Gasteiger charge is 2.44. The summed E-state index contributed by atoms with van der Waals surface area (Å²) < 4.78 is 5.38. The number of nitrogens with zero attached hydrogens (tertiary/aromatic N) is 3. The fourth-order valence-corrected chi connectivity index (χ4v) is 9.75. The van der Waals surface area contributed by atoms with Crippen LogP contribution in [0.2, 0.25) is 0 Å². The Labute approximate surface area is 416 Å². The van der Waals surface area contributed by atoms with Gasteiger partial charge in [0.15, 0.2) is 40.4 Å². The maximum Gasteiger partial charge on any atom is 0.338 e. The lowest BCUT2D eigenvalue weighted by atomic mass is 9.97. The monoisotopic (exact) mass is 1020 g/mol. The SMILES string of the molecule is CCOC(=O)c1ccc2c(c1)C(=O)C(c1nc3ccccc3cc1O)C2=O.O=C1c2ccccc2C(=O)C1c1nc2ccccc2c(Br)c1O.O=C1c2ccccc2C(=O)C1c1nc2ccccc2cc1O. The van der Waals surface area contributed by atoms with E-state index in [0.29, 0.717) is 48.7 Å². The number of esters is 1. The van der Waals surface area contributed by atoms with Gasteiger partial charge in [0.2, 0.25) is 0 Å². The van der Waals surface area contributed by atoms with Gasteiger partial charge in [0, 0.05) is 49.5 Å². The van der Waals surface area contributed by atoms with Crippen LogP contribution in [-0.4, -0.2) is 77.5 Å². The van der Waals surface area contributed by atoms with E-state index in [9.17, 15) is 48.9 Å². The molecule has 6 aromatic carbocycles. The molecule has 0 saturated heterocycles. The number of hydrogen-bond donors (Lipinski definition) is 3. The predicted octanol–water partition coefficient (Wildman–Crippen LogP) is 10.2. The first kappa shape index (κ1) is 46.6. The average Bonchev–Trinajstić information content (AvgIpc) is 3.91. The standard InChI is InChI=1S/C21H15NO5.C18H10BrNO3.C18H11NO3/c1-2-27-21(26)12-7-8-13-14(9-12)20(25)17(19(13)24)18-16(23)10-11-5-3-4-6-15(11)22-18;19-14-11-7-3-4-8-12(11)20-15(18(14)23)13-16(21)9-5-1-2-6-10(9)17(13)22;20-14-9-10-5-1-4-8-13(10)19-16(14)15-17(21)11-6-2-3-7-12(11)18(15)22/h3-10,17,23H,2H2,1H3;1-8,13,23H;1-9,15,20H. The van der Waals surface area contributed by atoms with Crippen LogP contribution in [0.5, 0.6) is 17.2 Å². The van der Waals surface area contributed by atoms with Gasteiger partial charge in [0.05, 0.1) is 33.2 Å². The second-order valence-corrected chi connectivity index (χ2v) is 17.7. The number of aromatic nitrogens is 3. The molecular formula is C57H36BrN3O11. The number of benzene rings is 6. The molecule has 0 fully saturated rings. The van der Waals surface area contributed by atoms with Gasteiger partial charge in [0.25, 0.3) is 0 Å². The van der Waals surface area contributed by atoms with Crippen molar-refractivity contribution in [3.63, 3.8) is 0 Å². The van der Waals surface area contributed by atoms with Gasteiger partial charge in [-0.05, 0) is 71.4 Å². The molecule has 3 aliphatic carbocycles. The molecule has 72 heavy (non-hydrogen) atoms. The van der Waals surface area contributed by atoms with Crippen molar-refractivity contribution in [3.05, 3.63) is 212 Å². The van der Waals surface area contributed by atoms with Gasteiger partial charge in [-0.25, -0.2) is 19.7 Å². The number of pyridine rings is 3. The molecule has 14 nitrogen and oxygen atoms in total. The first-order valence-corrected chi connectivity index (χ1v) is 23.3. The Morgan fingerprint density at radius 3 is 1.32 bits per heavy atom. The Bertz CT molecular complexity index is 3780. The van der Waals surface area contributed by atoms with E-state index < -0.39 is 35.3 Å². The quantitative estimate of drug-likeness (QED) is 0.108. The van der Waals surface area contributed by atoms with Crippen molar-refractivity contribution >= 4 is 89.3 Å². The van der Waals surface area contributed by atoms with E-state index in [2.05, 4.69) is 30.9 Å². The third kappa shape index (κ3) is 7.95. The van der Waals surface area contributed by atoms with Crippen molar-refractivity contribution < 1.29 is 53.6 Å². The van der Waals surface area contributed by atoms with Gasteiger partial charge in [-0.2, -0.15) is 0 Å². The van der Waals surface area contributed by atoms with Crippen LogP contribution in [0, 0.1) is 0 Å². The number of ether oxygens (including phenoxy) is 1. The summed E-state index contributed by atoms with van der Waals surface area (Å²) >= 11 is 3.34. The Morgan fingerprint density at radius 2 is 0.847 bits per heavy atom. The molecule has 3 N–H and O–H groups in total. The van der Waals surface area contributed by atoms with E-state index in [1.54, 1.807) is 91.9 Å². The largest absolute Gasteiger partial charge is 0.506 e. The molecule has 1 atom stereocenters. The van der Waals surface area contributed by atoms with Crippen LogP contribution in [0.4, 0.5) is 0 Å². The lowest BCUT2D eigenvalue weighted by molar-refractivity contribution is 0.0525. The van der Waals surface area contributed by atoms with Crippen LogP contribution in [0.15, 0.2) is 156 Å². The highest BCUT2D eigenvalue weighted by atomic mass is 79.9. The number of para-hydroxylation sites is 3. The minimum absolute atomic E-state index is 0.0255. The van der Waals surface area contributed by atoms with Crippen molar-refractivity contribution in [2.24, 2.45) is 0 Å². The number of carbonyl (C=O) groups is 7. The third-order valence-corrected chi connectivity index (χ3v) is 13.5. The van der Waals surface area contributed by atoms with Crippen molar-refractivity contribution in [2.45, 2.75) is 24.7 Å². The van der Waals surface area contributed by atoms with Gasteiger partial charge in [0.1, 0.15) is 46.3 Å². The molecule has 3 heterocycles. The van der Waals surface area contributed by atoms with E-state index in [1.165, 1.54) is 24.3 Å². The Hall–Kier alpha value is -9.08. The van der Waals surface area contributed by atoms with Gasteiger partial charge in [-0.15, -0.1) is 0 Å². The minimum atomic E-state index is -1.22. The van der Waals surface area contributed by atoms with Gasteiger partial charge in [-0.1, -0.05) is 103 Å². The molecule has 9 aromatic rings. The number of fused-ring (bicyclic) bond motifs is 6. The molecule has 0 saturated carbocycles. The molecule has 15 heteroatoms. The molecule has 0 radical (unpaired) electrons. The molecule has 3 aliphatic rings. The second-order valence-electron chi connectivity index (χ2n) is 16.9. The fourth-order valence-electron chi connectivity index (χ4n) is 9.21. The average molecular weight is 1020 g/mol. The molecule has 0 bridgehead atoms. The highest BCUT2D eigenvalue weighted by molar-refractivity contribution is 9.10. The molecule has 12 rings (SSSR count). The molecule has 3 aromatic heterocycles. The summed E-state index contributed by atoms with van der Waals surface area (Å²) in [4.78, 5) is 101. The number of halogens is 1. The predicted molar refractivity (Wildman–Crippen MR) is 267 cm³/mol. The Morgan fingerprint density at radius 1 is 0.472 bits per heavy atom. The highest BCUT2D eigenvalue weighted by Crippen LogP contribution is 2.43. The molecule has 1 unspecified atom stereocenters. The summed E-state index contributed by atoms with van der Waals surface area (Å²) in [6.07, 6.45) is 0. The summed E-state index contributed by atoms with van der Waals surface area (Å²) in [6.45, 7) is 1.89. The lowest BCUT2D eigenvalue weighted by Crippen LogP contribution is -2.15. The lowest BCUT2D eigenvalue weighted by Gasteiger charge is -2.12. The van der Waals surface area contributed by atoms with Crippen molar-refractivity contribution in [2.75, 3.05) is 6.61 Å². The van der Waals surface area contributed by atoms with E-state index >= 15 is 0 Å². The summed E-state index contributed by atoms with van der Waals surface area (Å²) in [5, 5.41) is 33.2. The number of Topliss-reactive ketones (excluding diaryl/α,β-unsaturated/α-hetero) is 6. The molecular weight excluding hydrogens is 983 g/mol. The van der Waals surface area contributed by atoms with Crippen molar-refractivity contribution in [3.8, 4) is 17.2 Å². The van der Waals surface area contributed by atoms with E-state index in [4.69, 9.17) is 4.74 Å². The Kier molecular flexibility index (Phi) is 12.1. The summed E-state index contributed by atoms with van der Waals surface area (Å²) in [5.74, 6) is -6.61. The Balaban J connectivity index is 0.000000125. The number of aromatic hydroxyl groups is 3. The van der Waals surface area contributed by atoms with E-state index in [1.807, 2.05) is 42.5 Å². The maximum absolute atomic E-state index is 12.9. The van der Waals surface area contributed by atoms with E-state index in [0.717, 1.165) is 10.8 Å². The zero-order valence-corrected chi connectivity index (χ0v) is 39.3. The van der Waals surface area contributed by atoms with Crippen LogP contribution in [-0.2, 0) is 4.74 Å². The zero-order chi connectivity index (χ0) is 50.5. The molecule has 0 spiro atoms. The smallest absolute Gasteiger partial charge is 0.338 e. The molecule has 0 amide bonds. The molecule has 0 aliphatic heterocycles. The number of hydrogen-bond acceptors (Lipinski definition) is 14. The molecule has 352 valence electrons. The summed E-state index contributed by atoms with van der Waals surface area (Å²) in [5.41, 5.74) is 4.21. The zero-order valence-electron chi connectivity index (χ0n) is 37.7. The van der Waals surface area contributed by atoms with Crippen LogP contribution in [0.1, 0.15) is 114 Å². The summed E-state index contributed by atoms with van der Waals surface area (Å²) in [6, 6.07) is 42.3. The van der Waals surface area contributed by atoms with Crippen LogP contribution < -0.4 is 0 Å². The van der Waals surface area contributed by atoms with E-state index in [-0.39, 0.29) is 80.8 Å². The number of carbonyl (C=O) groups excluding carboxylic acids is 7. The fraction of sp³-hybridized carbons (Fsp3) is 0.0877. The van der Waals surface area contributed by atoms with Crippen molar-refractivity contribution in [1.82, 2.24) is 15.0 Å². The number of rotatable bonds is 5. The maximum atomic E-state index is 12.9. The van der Waals surface area contributed by atoms with Crippen LogP contribution in [0.3, 0.4) is 0 Å². The minimum Gasteiger partial charge on any atom is -0.506 e. The summed E-state index contributed by atoms with van der Waals surface area (Å²) in [7, 11) is 0. The van der Waals surface area contributed by atoms with Gasteiger partial charge < -0.3 is 20.1 Å². The first-order valence-electron chi connectivity index (χ1n) is 22.5. The second kappa shape index (κ2) is 18.7. The van der Waals surface area contributed by atoms with Crippen molar-refractivity contribution in [1.29, 1.82) is 0 Å². The number of ketones is 6. The van der Waals surface area contributed by atoms with Crippen LogP contribution >= 0.6 is 15.9 Å². The van der Waals surface area contributed by atoms with Crippen LogP contribution in [0.25, 0.3) is 32.7 Å². The van der Waals surface area contributed by atoms with Gasteiger partial charge in [-0.3, -0.25) is 28.8 Å². The topological polar surface area (TPSA) is 228 Å². The normalized spacial score (nSPS) is 15.0. The first-order chi connectivity index (χ1) is 34.8. The van der Waals surface area contributed by atoms with Gasteiger partial charge >= 0.3 is 5.97 Å².